The van der Waals surface area contributed by atoms with E-state index in [4.69, 9.17) is 16.9 Å². The summed E-state index contributed by atoms with van der Waals surface area (Å²) >= 11 is 9.14. The van der Waals surface area contributed by atoms with Gasteiger partial charge in [0, 0.05) is 28.3 Å². The minimum atomic E-state index is -0.376. The molecule has 0 unspecified atom stereocenters. The molecule has 2 aromatic rings. The molecule has 1 N–H and O–H groups in total. The molecule has 0 radical (unpaired) electrons. The largest absolute Gasteiger partial charge is 0.304 e. The van der Waals surface area contributed by atoms with Crippen LogP contribution in [0.2, 0.25) is 5.02 Å². The highest BCUT2D eigenvalue weighted by Crippen LogP contribution is 2.21. The molecule has 5 nitrogen and oxygen atoms in total. The molecule has 1 heterocycles. The zero-order valence-electron chi connectivity index (χ0n) is 9.82. The fourth-order valence-electron chi connectivity index (χ4n) is 1.53. The zero-order chi connectivity index (χ0) is 14.0. The Kier molecular flexibility index (Phi) is 3.88. The highest BCUT2D eigenvalue weighted by Gasteiger charge is 2.13. The first-order valence-electron chi connectivity index (χ1n) is 5.21. The van der Waals surface area contributed by atoms with Crippen molar-refractivity contribution < 1.29 is 4.79 Å². The quantitative estimate of drug-likeness (QED) is 0.914. The van der Waals surface area contributed by atoms with E-state index in [2.05, 4.69) is 26.3 Å². The van der Waals surface area contributed by atoms with Gasteiger partial charge in [-0.2, -0.15) is 10.4 Å². The van der Waals surface area contributed by atoms with Gasteiger partial charge in [0.1, 0.15) is 11.6 Å². The number of carbonyl (C=O) groups is 1. The molecule has 0 saturated carbocycles. The molecule has 1 aromatic carbocycles. The SMILES string of the molecule is Cn1cc(C#N)c(NC(=O)c2cc(Cl)cc(Br)c2)n1. The number of amides is 1. The van der Waals surface area contributed by atoms with Gasteiger partial charge in [0.2, 0.25) is 0 Å². The van der Waals surface area contributed by atoms with E-state index in [1.165, 1.54) is 16.9 Å². The molecule has 0 aliphatic heterocycles. The molecule has 7 heteroatoms. The summed E-state index contributed by atoms with van der Waals surface area (Å²) in [6.45, 7) is 0. The summed E-state index contributed by atoms with van der Waals surface area (Å²) in [4.78, 5) is 12.0. The van der Waals surface area contributed by atoms with Crippen molar-refractivity contribution >= 4 is 39.3 Å². The Morgan fingerprint density at radius 1 is 1.53 bits per heavy atom. The van der Waals surface area contributed by atoms with Crippen molar-refractivity contribution in [2.45, 2.75) is 0 Å². The fourth-order valence-corrected chi connectivity index (χ4v) is 2.39. The number of anilines is 1. The minimum Gasteiger partial charge on any atom is -0.304 e. The van der Waals surface area contributed by atoms with Crippen LogP contribution in [0.15, 0.2) is 28.9 Å². The van der Waals surface area contributed by atoms with E-state index >= 15 is 0 Å². The first kappa shape index (κ1) is 13.6. The Bertz CT molecular complexity index is 669. The van der Waals surface area contributed by atoms with Crippen LogP contribution in [0.4, 0.5) is 5.82 Å². The van der Waals surface area contributed by atoms with Gasteiger partial charge in [-0.3, -0.25) is 9.48 Å². The average Bonchev–Trinajstić information content (AvgIpc) is 2.68. The van der Waals surface area contributed by atoms with Crippen molar-refractivity contribution in [3.8, 4) is 6.07 Å². The van der Waals surface area contributed by atoms with Gasteiger partial charge in [-0.05, 0) is 18.2 Å². The summed E-state index contributed by atoms with van der Waals surface area (Å²) < 4.78 is 2.16. The van der Waals surface area contributed by atoms with E-state index in [1.54, 1.807) is 19.2 Å². The fraction of sp³-hybridized carbons (Fsp3) is 0.0833. The van der Waals surface area contributed by atoms with Gasteiger partial charge >= 0.3 is 0 Å². The van der Waals surface area contributed by atoms with Crippen LogP contribution in [0.5, 0.6) is 0 Å². The lowest BCUT2D eigenvalue weighted by molar-refractivity contribution is 0.102. The summed E-state index contributed by atoms with van der Waals surface area (Å²) in [5.74, 6) is -0.149. The van der Waals surface area contributed by atoms with Crippen LogP contribution in [-0.4, -0.2) is 15.7 Å². The Labute approximate surface area is 122 Å². The van der Waals surface area contributed by atoms with Crippen molar-refractivity contribution in [2.75, 3.05) is 5.32 Å². The monoisotopic (exact) mass is 338 g/mol. The molecule has 1 aromatic heterocycles. The summed E-state index contributed by atoms with van der Waals surface area (Å²) in [6, 6.07) is 6.82. The van der Waals surface area contributed by atoms with Gasteiger partial charge in [0.25, 0.3) is 5.91 Å². The molecule has 0 saturated heterocycles. The van der Waals surface area contributed by atoms with Crippen molar-refractivity contribution in [1.82, 2.24) is 9.78 Å². The number of rotatable bonds is 2. The number of benzene rings is 1. The van der Waals surface area contributed by atoms with E-state index in [9.17, 15) is 4.79 Å². The molecule has 0 bridgehead atoms. The first-order chi connectivity index (χ1) is 8.99. The number of nitriles is 1. The third-order valence-electron chi connectivity index (χ3n) is 2.31. The topological polar surface area (TPSA) is 70.7 Å². The zero-order valence-corrected chi connectivity index (χ0v) is 12.2. The predicted molar refractivity (Wildman–Crippen MR) is 75.0 cm³/mol. The summed E-state index contributed by atoms with van der Waals surface area (Å²) in [5.41, 5.74) is 0.686. The number of hydrogen-bond acceptors (Lipinski definition) is 3. The molecule has 2 rings (SSSR count). The highest BCUT2D eigenvalue weighted by molar-refractivity contribution is 9.10. The third-order valence-corrected chi connectivity index (χ3v) is 2.98. The maximum absolute atomic E-state index is 12.0. The summed E-state index contributed by atoms with van der Waals surface area (Å²) in [5, 5.41) is 16.0. The normalized spacial score (nSPS) is 10.0. The van der Waals surface area contributed by atoms with Gasteiger partial charge in [-0.15, -0.1) is 0 Å². The molecule has 0 fully saturated rings. The Morgan fingerprint density at radius 2 is 2.26 bits per heavy atom. The molecule has 96 valence electrons. The molecule has 0 aliphatic rings. The molecular weight excluding hydrogens is 332 g/mol. The third kappa shape index (κ3) is 3.13. The van der Waals surface area contributed by atoms with E-state index in [1.807, 2.05) is 6.07 Å². The first-order valence-corrected chi connectivity index (χ1v) is 6.38. The van der Waals surface area contributed by atoms with Crippen LogP contribution in [0, 0.1) is 11.3 Å². The van der Waals surface area contributed by atoms with Crippen LogP contribution >= 0.6 is 27.5 Å². The predicted octanol–water partition coefficient (Wildman–Crippen LogP) is 2.96. The second-order valence-corrected chi connectivity index (χ2v) is 5.14. The van der Waals surface area contributed by atoms with Gasteiger partial charge in [-0.25, -0.2) is 0 Å². The van der Waals surface area contributed by atoms with E-state index < -0.39 is 0 Å². The number of hydrogen-bond donors (Lipinski definition) is 1. The van der Waals surface area contributed by atoms with Crippen molar-refractivity contribution in [3.05, 3.63) is 45.0 Å². The standard InChI is InChI=1S/C12H8BrClN4O/c1-18-6-8(5-15)11(17-18)16-12(19)7-2-9(13)4-10(14)3-7/h2-4,6H,1H3,(H,16,17,19). The maximum atomic E-state index is 12.0. The summed E-state index contributed by atoms with van der Waals surface area (Å²) in [7, 11) is 1.67. The number of carbonyl (C=O) groups excluding carboxylic acids is 1. The maximum Gasteiger partial charge on any atom is 0.256 e. The van der Waals surface area contributed by atoms with Crippen LogP contribution < -0.4 is 5.32 Å². The number of nitrogens with zero attached hydrogens (tertiary/aromatic N) is 3. The van der Waals surface area contributed by atoms with Crippen LogP contribution in [0.3, 0.4) is 0 Å². The van der Waals surface area contributed by atoms with Crippen molar-refractivity contribution in [1.29, 1.82) is 5.26 Å². The van der Waals surface area contributed by atoms with Crippen molar-refractivity contribution in [2.24, 2.45) is 7.05 Å². The number of aromatic nitrogens is 2. The molecule has 0 atom stereocenters. The van der Waals surface area contributed by atoms with Crippen LogP contribution in [0.1, 0.15) is 15.9 Å². The molecule has 1 amide bonds. The molecule has 0 aliphatic carbocycles. The Morgan fingerprint density at radius 3 is 2.89 bits per heavy atom. The number of halogens is 2. The highest BCUT2D eigenvalue weighted by atomic mass is 79.9. The summed E-state index contributed by atoms with van der Waals surface area (Å²) in [6.07, 6.45) is 1.53. The Balaban J connectivity index is 2.28. The molecule has 19 heavy (non-hydrogen) atoms. The van der Waals surface area contributed by atoms with Crippen LogP contribution in [0.25, 0.3) is 0 Å². The lowest BCUT2D eigenvalue weighted by Gasteiger charge is -2.04. The average molecular weight is 340 g/mol. The van der Waals surface area contributed by atoms with Gasteiger partial charge in [0.15, 0.2) is 5.82 Å². The minimum absolute atomic E-state index is 0.228. The number of nitrogens with one attached hydrogen (secondary N) is 1. The van der Waals surface area contributed by atoms with E-state index in [-0.39, 0.29) is 11.7 Å². The smallest absolute Gasteiger partial charge is 0.256 e. The van der Waals surface area contributed by atoms with Gasteiger partial charge in [0.05, 0.1) is 0 Å². The van der Waals surface area contributed by atoms with Crippen molar-refractivity contribution in [3.63, 3.8) is 0 Å². The van der Waals surface area contributed by atoms with E-state index in [0.29, 0.717) is 20.6 Å². The van der Waals surface area contributed by atoms with E-state index in [0.717, 1.165) is 0 Å². The lowest BCUT2D eigenvalue weighted by atomic mass is 10.2. The molecule has 0 spiro atoms. The van der Waals surface area contributed by atoms with Crippen LogP contribution in [-0.2, 0) is 7.05 Å². The number of aryl methyl sites for hydroxylation is 1. The lowest BCUT2D eigenvalue weighted by Crippen LogP contribution is -2.13. The van der Waals surface area contributed by atoms with Gasteiger partial charge in [-0.1, -0.05) is 27.5 Å². The van der Waals surface area contributed by atoms with Gasteiger partial charge < -0.3 is 5.32 Å². The Hall–Kier alpha value is -1.84. The second kappa shape index (κ2) is 5.43. The molecular formula is C12H8BrClN4O. The second-order valence-electron chi connectivity index (χ2n) is 3.79.